The van der Waals surface area contributed by atoms with E-state index >= 15 is 0 Å². The zero-order valence-corrected chi connectivity index (χ0v) is 4.19. The Bertz CT molecular complexity index is 119. The van der Waals surface area contributed by atoms with Crippen molar-refractivity contribution in [2.45, 2.75) is 6.92 Å². The third-order valence-electron chi connectivity index (χ3n) is 0.340. The lowest BCUT2D eigenvalue weighted by Crippen LogP contribution is -1.75. The smallest absolute Gasteiger partial charge is 0.124 e. The third kappa shape index (κ3) is 4.92. The molecule has 0 heterocycles. The van der Waals surface area contributed by atoms with Gasteiger partial charge in [-0.15, -0.1) is 6.42 Å². The van der Waals surface area contributed by atoms with Crippen molar-refractivity contribution in [1.29, 1.82) is 0 Å². The molecule has 0 aliphatic carbocycles. The molecule has 0 spiro atoms. The molecule has 0 fully saturated rings. The van der Waals surface area contributed by atoms with Gasteiger partial charge in [0.15, 0.2) is 0 Å². The van der Waals surface area contributed by atoms with Crippen LogP contribution in [0.1, 0.15) is 6.92 Å². The van der Waals surface area contributed by atoms with Gasteiger partial charge in [0.2, 0.25) is 0 Å². The van der Waals surface area contributed by atoms with E-state index in [1.807, 2.05) is 6.92 Å². The number of rotatable bonds is 1. The zero-order chi connectivity index (χ0) is 5.54. The third-order valence-corrected chi connectivity index (χ3v) is 0.340. The molecule has 0 aromatic carbocycles. The lowest BCUT2D eigenvalue weighted by molar-refractivity contribution is 0.299. The van der Waals surface area contributed by atoms with Crippen molar-refractivity contribution in [2.75, 3.05) is 6.61 Å². The molecule has 1 heteroatoms. The molecule has 0 unspecified atom stereocenters. The molecule has 0 amide bonds. The molecular formula is C6H6O. The summed E-state index contributed by atoms with van der Waals surface area (Å²) in [6, 6.07) is 0. The Balaban J connectivity index is 3.13. The standard InChI is InChI=1S/C6H6O/c1-3-5-6-7-4-2/h1H,4H2,2H3. The van der Waals surface area contributed by atoms with Crippen molar-refractivity contribution in [3.05, 3.63) is 0 Å². The first-order chi connectivity index (χ1) is 3.41. The summed E-state index contributed by atoms with van der Waals surface area (Å²) in [7, 11) is 0. The Labute approximate surface area is 43.7 Å². The fourth-order valence-electron chi connectivity index (χ4n) is 0.138. The molecule has 0 aromatic heterocycles. The quantitative estimate of drug-likeness (QED) is 0.433. The molecule has 0 N–H and O–H groups in total. The second-order valence-electron chi connectivity index (χ2n) is 0.804. The maximum Gasteiger partial charge on any atom is 0.124 e. The van der Waals surface area contributed by atoms with Gasteiger partial charge >= 0.3 is 0 Å². The summed E-state index contributed by atoms with van der Waals surface area (Å²) < 4.78 is 4.57. The van der Waals surface area contributed by atoms with Gasteiger partial charge in [-0.25, -0.2) is 0 Å². The highest BCUT2D eigenvalue weighted by Gasteiger charge is 1.60. The van der Waals surface area contributed by atoms with Crippen LogP contribution in [-0.4, -0.2) is 6.61 Å². The predicted octanol–water partition coefficient (Wildman–Crippen LogP) is 0.617. The van der Waals surface area contributed by atoms with Crippen molar-refractivity contribution in [3.63, 3.8) is 0 Å². The van der Waals surface area contributed by atoms with Crippen LogP contribution < -0.4 is 0 Å². The number of ether oxygens (including phenoxy) is 1. The van der Waals surface area contributed by atoms with Gasteiger partial charge in [-0.1, -0.05) is 0 Å². The second kappa shape index (κ2) is 4.92. The Kier molecular flexibility index (Phi) is 4.16. The number of terminal acetylenes is 1. The average molecular weight is 94.1 g/mol. The molecule has 0 saturated heterocycles. The lowest BCUT2D eigenvalue weighted by atomic mass is 10.7. The highest BCUT2D eigenvalue weighted by molar-refractivity contribution is 5.18. The molecule has 7 heavy (non-hydrogen) atoms. The van der Waals surface area contributed by atoms with Gasteiger partial charge in [-0.3, -0.25) is 0 Å². The van der Waals surface area contributed by atoms with E-state index in [9.17, 15) is 0 Å². The maximum absolute atomic E-state index is 4.77. The first-order valence-corrected chi connectivity index (χ1v) is 1.99. The van der Waals surface area contributed by atoms with Gasteiger partial charge in [0.1, 0.15) is 6.11 Å². The van der Waals surface area contributed by atoms with E-state index in [2.05, 4.69) is 22.7 Å². The summed E-state index contributed by atoms with van der Waals surface area (Å²) in [5.41, 5.74) is 0. The SMILES string of the molecule is C#CC#COCC. The van der Waals surface area contributed by atoms with Crippen molar-refractivity contribution < 1.29 is 4.74 Å². The fraction of sp³-hybridized carbons (Fsp3) is 0.333. The van der Waals surface area contributed by atoms with E-state index in [0.717, 1.165) is 0 Å². The summed E-state index contributed by atoms with van der Waals surface area (Å²) in [5, 5.41) is 0. The van der Waals surface area contributed by atoms with Crippen molar-refractivity contribution in [2.24, 2.45) is 0 Å². The predicted molar refractivity (Wildman–Crippen MR) is 28.2 cm³/mol. The van der Waals surface area contributed by atoms with Crippen LogP contribution in [0.3, 0.4) is 0 Å². The molecular weight excluding hydrogens is 88.1 g/mol. The molecule has 0 aromatic rings. The summed E-state index contributed by atoms with van der Waals surface area (Å²) in [5.74, 6) is 4.42. The monoisotopic (exact) mass is 94.0 g/mol. The Morgan fingerprint density at radius 1 is 1.71 bits per heavy atom. The van der Waals surface area contributed by atoms with Crippen molar-refractivity contribution in [3.8, 4) is 24.4 Å². The first-order valence-electron chi connectivity index (χ1n) is 1.99. The fourth-order valence-corrected chi connectivity index (χ4v) is 0.138. The van der Waals surface area contributed by atoms with Crippen molar-refractivity contribution >= 4 is 0 Å². The van der Waals surface area contributed by atoms with Crippen LogP contribution in [0.4, 0.5) is 0 Å². The topological polar surface area (TPSA) is 9.23 Å². The number of hydrogen-bond donors (Lipinski definition) is 0. The van der Waals surface area contributed by atoms with Gasteiger partial charge in [0.25, 0.3) is 0 Å². The summed E-state index contributed by atoms with van der Waals surface area (Å²) in [6.07, 6.45) is 7.06. The maximum atomic E-state index is 4.77. The Morgan fingerprint density at radius 2 is 2.43 bits per heavy atom. The molecule has 0 atom stereocenters. The molecule has 0 aliphatic heterocycles. The normalized spacial score (nSPS) is 5.14. The molecule has 0 aliphatic rings. The molecule has 36 valence electrons. The molecule has 1 nitrogen and oxygen atoms in total. The van der Waals surface area contributed by atoms with Gasteiger partial charge in [0, 0.05) is 5.92 Å². The molecule has 0 bridgehead atoms. The van der Waals surface area contributed by atoms with Crippen LogP contribution in [0.25, 0.3) is 0 Å². The highest BCUT2D eigenvalue weighted by Crippen LogP contribution is 1.62. The first kappa shape index (κ1) is 5.92. The van der Waals surface area contributed by atoms with Crippen LogP contribution >= 0.6 is 0 Å². The van der Waals surface area contributed by atoms with Crippen LogP contribution in [0.2, 0.25) is 0 Å². The van der Waals surface area contributed by atoms with E-state index in [1.54, 1.807) is 0 Å². The summed E-state index contributed by atoms with van der Waals surface area (Å²) >= 11 is 0. The van der Waals surface area contributed by atoms with E-state index < -0.39 is 0 Å². The Hall–Kier alpha value is -1.08. The Morgan fingerprint density at radius 3 is 2.86 bits per heavy atom. The minimum absolute atomic E-state index is 0.592. The van der Waals surface area contributed by atoms with E-state index in [-0.39, 0.29) is 0 Å². The van der Waals surface area contributed by atoms with Crippen LogP contribution in [0.15, 0.2) is 0 Å². The minimum atomic E-state index is 0.592. The molecule has 0 radical (unpaired) electrons. The van der Waals surface area contributed by atoms with E-state index in [1.165, 1.54) is 0 Å². The highest BCUT2D eigenvalue weighted by atomic mass is 16.5. The van der Waals surface area contributed by atoms with E-state index in [4.69, 9.17) is 6.42 Å². The van der Waals surface area contributed by atoms with E-state index in [0.29, 0.717) is 6.61 Å². The van der Waals surface area contributed by atoms with Gasteiger partial charge in [0.05, 0.1) is 6.61 Å². The molecule has 0 saturated carbocycles. The average Bonchev–Trinajstić information content (AvgIpc) is 1.69. The minimum Gasteiger partial charge on any atom is -0.446 e. The molecule has 0 rings (SSSR count). The lowest BCUT2D eigenvalue weighted by Gasteiger charge is -1.80. The summed E-state index contributed by atoms with van der Waals surface area (Å²) in [4.78, 5) is 0. The van der Waals surface area contributed by atoms with Crippen LogP contribution in [-0.2, 0) is 4.74 Å². The van der Waals surface area contributed by atoms with Gasteiger partial charge in [-0.05, 0) is 12.8 Å². The van der Waals surface area contributed by atoms with Gasteiger partial charge < -0.3 is 4.74 Å². The zero-order valence-electron chi connectivity index (χ0n) is 4.19. The second-order valence-corrected chi connectivity index (χ2v) is 0.804. The largest absolute Gasteiger partial charge is 0.446 e. The summed E-state index contributed by atoms with van der Waals surface area (Å²) in [6.45, 7) is 2.44. The van der Waals surface area contributed by atoms with Gasteiger partial charge in [-0.2, -0.15) is 0 Å². The number of hydrogen-bond acceptors (Lipinski definition) is 1. The van der Waals surface area contributed by atoms with Crippen LogP contribution in [0.5, 0.6) is 0 Å². The van der Waals surface area contributed by atoms with Crippen LogP contribution in [0, 0.1) is 24.4 Å². The van der Waals surface area contributed by atoms with Crippen molar-refractivity contribution in [1.82, 2.24) is 0 Å².